The number of halogens is 3. The first-order valence-corrected chi connectivity index (χ1v) is 18.3. The Kier molecular flexibility index (Phi) is 9.91. The summed E-state index contributed by atoms with van der Waals surface area (Å²) in [7, 11) is -0.900. The highest BCUT2D eigenvalue weighted by Gasteiger charge is 2.31. The lowest BCUT2D eigenvalue weighted by Gasteiger charge is -2.25. The lowest BCUT2D eigenvalue weighted by molar-refractivity contribution is 0.0500. The Labute approximate surface area is 307 Å². The van der Waals surface area contributed by atoms with Gasteiger partial charge in [0.25, 0.3) is 0 Å². The molecule has 0 aliphatic heterocycles. The maximum Gasteiger partial charge on any atom is 0.408 e. The second-order valence-corrected chi connectivity index (χ2v) is 15.5. The van der Waals surface area contributed by atoms with Gasteiger partial charge < -0.3 is 14.8 Å². The average Bonchev–Trinajstić information content (AvgIpc) is 3.67. The highest BCUT2D eigenvalue weighted by Crippen LogP contribution is 2.38. The number of nitrogens with one attached hydrogen (secondary N) is 1. The van der Waals surface area contributed by atoms with E-state index in [9.17, 15) is 26.8 Å². The van der Waals surface area contributed by atoms with Crippen molar-refractivity contribution in [1.82, 2.24) is 34.0 Å². The molecular formula is C35H35ClF2N8O6S. The van der Waals surface area contributed by atoms with E-state index in [1.165, 1.54) is 45.3 Å². The minimum Gasteiger partial charge on any atom is -0.497 e. The summed E-state index contributed by atoms with van der Waals surface area (Å²) in [5.74, 6) is -1.25. The van der Waals surface area contributed by atoms with Crippen LogP contribution in [0.4, 0.5) is 19.4 Å². The largest absolute Gasteiger partial charge is 0.497 e. The van der Waals surface area contributed by atoms with Crippen molar-refractivity contribution >= 4 is 50.2 Å². The van der Waals surface area contributed by atoms with Crippen molar-refractivity contribution in [2.24, 2.45) is 7.05 Å². The molecule has 53 heavy (non-hydrogen) atoms. The summed E-state index contributed by atoms with van der Waals surface area (Å²) in [4.78, 5) is 36.5. The lowest BCUT2D eigenvalue weighted by Crippen LogP contribution is -2.40. The molecular weight excluding hydrogens is 734 g/mol. The van der Waals surface area contributed by atoms with Gasteiger partial charge in [0.05, 0.1) is 47.6 Å². The molecule has 0 radical (unpaired) electrons. The third kappa shape index (κ3) is 7.80. The molecule has 0 aliphatic rings. The van der Waals surface area contributed by atoms with Gasteiger partial charge in [-0.15, -0.1) is 0 Å². The molecule has 1 N–H and O–H groups in total. The highest BCUT2D eigenvalue weighted by atomic mass is 35.5. The van der Waals surface area contributed by atoms with E-state index in [0.29, 0.717) is 17.4 Å². The fraction of sp³-hybridized carbons (Fsp3) is 0.286. The third-order valence-electron chi connectivity index (χ3n) is 8.09. The molecule has 0 spiro atoms. The van der Waals surface area contributed by atoms with Crippen molar-refractivity contribution in [3.05, 3.63) is 111 Å². The molecule has 14 nitrogen and oxygen atoms in total. The number of aromatic nitrogens is 6. The van der Waals surface area contributed by atoms with Crippen LogP contribution < -0.4 is 20.0 Å². The number of rotatable bonds is 10. The molecule has 0 saturated carbocycles. The zero-order valence-electron chi connectivity index (χ0n) is 29.5. The van der Waals surface area contributed by atoms with Crippen LogP contribution in [-0.4, -0.2) is 62.2 Å². The van der Waals surface area contributed by atoms with Gasteiger partial charge in [0.15, 0.2) is 5.82 Å². The van der Waals surface area contributed by atoms with E-state index in [1.807, 2.05) is 0 Å². The molecule has 3 aromatic heterocycles. The smallest absolute Gasteiger partial charge is 0.408 e. The molecule has 1 amide bonds. The van der Waals surface area contributed by atoms with Crippen LogP contribution in [0.5, 0.6) is 5.75 Å². The molecule has 278 valence electrons. The molecule has 6 aromatic rings. The molecule has 3 heterocycles. The van der Waals surface area contributed by atoms with Crippen LogP contribution in [0.2, 0.25) is 5.02 Å². The monoisotopic (exact) mass is 768 g/mol. The molecule has 0 unspecified atom stereocenters. The maximum atomic E-state index is 14.4. The van der Waals surface area contributed by atoms with Gasteiger partial charge in [0, 0.05) is 31.9 Å². The molecule has 6 rings (SSSR count). The van der Waals surface area contributed by atoms with Crippen LogP contribution in [0.25, 0.3) is 22.4 Å². The molecule has 1 atom stereocenters. The summed E-state index contributed by atoms with van der Waals surface area (Å²) in [5, 5.41) is 7.62. The quantitative estimate of drug-likeness (QED) is 0.191. The molecule has 0 fully saturated rings. The number of fused-ring (bicyclic) bond motifs is 2. The van der Waals surface area contributed by atoms with Crippen molar-refractivity contribution in [1.29, 1.82) is 0 Å². The van der Waals surface area contributed by atoms with E-state index >= 15 is 0 Å². The number of alkyl carbamates (subject to hydrolysis) is 1. The predicted octanol–water partition coefficient (Wildman–Crippen LogP) is 5.48. The molecule has 0 aliphatic carbocycles. The summed E-state index contributed by atoms with van der Waals surface area (Å²) in [6, 6.07) is 11.5. The van der Waals surface area contributed by atoms with Crippen molar-refractivity contribution < 1.29 is 31.5 Å². The fourth-order valence-electron chi connectivity index (χ4n) is 5.91. The molecule has 18 heteroatoms. The Balaban J connectivity index is 1.59. The van der Waals surface area contributed by atoms with Gasteiger partial charge in [-0.1, -0.05) is 23.7 Å². The number of amides is 1. The third-order valence-corrected chi connectivity index (χ3v) is 9.51. The van der Waals surface area contributed by atoms with Gasteiger partial charge in [-0.25, -0.2) is 45.0 Å². The van der Waals surface area contributed by atoms with Crippen LogP contribution in [0.15, 0.2) is 71.8 Å². The summed E-state index contributed by atoms with van der Waals surface area (Å²) in [5.41, 5.74) is -0.473. The number of carbonyl (C=O) groups excluding carboxylic acids is 1. The van der Waals surface area contributed by atoms with Crippen molar-refractivity contribution in [3.63, 3.8) is 0 Å². The first-order chi connectivity index (χ1) is 24.9. The first kappa shape index (κ1) is 37.2. The number of benzene rings is 3. The summed E-state index contributed by atoms with van der Waals surface area (Å²) in [6.45, 7) is 4.86. The highest BCUT2D eigenvalue weighted by molar-refractivity contribution is 7.92. The zero-order valence-corrected chi connectivity index (χ0v) is 31.0. The normalized spacial score (nSPS) is 12.6. The van der Waals surface area contributed by atoms with Crippen LogP contribution in [0.3, 0.4) is 0 Å². The Morgan fingerprint density at radius 3 is 2.36 bits per heavy atom. The maximum absolute atomic E-state index is 14.4. The number of imidazole rings is 1. The van der Waals surface area contributed by atoms with E-state index in [-0.39, 0.29) is 57.6 Å². The Morgan fingerprint density at radius 2 is 1.74 bits per heavy atom. The SMILES string of the molecule is COc1ccc(CN(c2nn(C)c3c(-n4c([C@H](Cc5cc(F)cc(F)c5)NC(=O)OC(C)(C)C)nc5nccn5c4=O)ccc(Cl)c23)S(C)(=O)=O)cc1. The number of nitrogens with zero attached hydrogens (tertiary/aromatic N) is 7. The average molecular weight is 769 g/mol. The van der Waals surface area contributed by atoms with Gasteiger partial charge in [-0.3, -0.25) is 4.68 Å². The number of hydrogen-bond acceptors (Lipinski definition) is 9. The second kappa shape index (κ2) is 14.1. The Morgan fingerprint density at radius 1 is 1.06 bits per heavy atom. The van der Waals surface area contributed by atoms with Gasteiger partial charge in [0.2, 0.25) is 15.8 Å². The number of methoxy groups -OCH3 is 1. The summed E-state index contributed by atoms with van der Waals surface area (Å²) < 4.78 is 71.1. The van der Waals surface area contributed by atoms with Gasteiger partial charge in [0.1, 0.15) is 28.8 Å². The van der Waals surface area contributed by atoms with Crippen LogP contribution in [0.1, 0.15) is 43.8 Å². The van der Waals surface area contributed by atoms with E-state index in [0.717, 1.165) is 22.7 Å². The minimum absolute atomic E-state index is 0.0161. The molecule has 0 bridgehead atoms. The first-order valence-electron chi connectivity index (χ1n) is 16.1. The van der Waals surface area contributed by atoms with Crippen LogP contribution in [-0.2, 0) is 34.8 Å². The van der Waals surface area contributed by atoms with E-state index < -0.39 is 45.1 Å². The minimum atomic E-state index is -3.97. The van der Waals surface area contributed by atoms with Gasteiger partial charge in [-0.05, 0) is 68.3 Å². The summed E-state index contributed by atoms with van der Waals surface area (Å²) in [6.07, 6.45) is 2.66. The van der Waals surface area contributed by atoms with Gasteiger partial charge >= 0.3 is 11.8 Å². The second-order valence-electron chi connectivity index (χ2n) is 13.2. The van der Waals surface area contributed by atoms with Crippen molar-refractivity contribution in [2.75, 3.05) is 17.7 Å². The molecule has 3 aromatic carbocycles. The lowest BCUT2D eigenvalue weighted by atomic mass is 10.0. The Hall–Kier alpha value is -5.55. The van der Waals surface area contributed by atoms with Crippen molar-refractivity contribution in [3.8, 4) is 11.4 Å². The van der Waals surface area contributed by atoms with E-state index in [4.69, 9.17) is 21.1 Å². The van der Waals surface area contributed by atoms with Crippen LogP contribution >= 0.6 is 11.6 Å². The number of ether oxygens (including phenoxy) is 2. The number of anilines is 1. The topological polar surface area (TPSA) is 155 Å². The number of aryl methyl sites for hydroxylation is 1. The predicted molar refractivity (Wildman–Crippen MR) is 194 cm³/mol. The zero-order chi connectivity index (χ0) is 38.4. The van der Waals surface area contributed by atoms with E-state index in [2.05, 4.69) is 20.4 Å². The van der Waals surface area contributed by atoms with Crippen LogP contribution in [0, 0.1) is 11.6 Å². The number of carbonyl (C=O) groups is 1. The fourth-order valence-corrected chi connectivity index (χ4v) is 6.97. The molecule has 0 saturated heterocycles. The van der Waals surface area contributed by atoms with Crippen molar-refractivity contribution in [2.45, 2.75) is 45.4 Å². The van der Waals surface area contributed by atoms with Gasteiger partial charge in [-0.2, -0.15) is 10.1 Å². The Bertz CT molecular complexity index is 2510. The number of sulfonamides is 1. The summed E-state index contributed by atoms with van der Waals surface area (Å²) >= 11 is 6.80. The standard InChI is InChI=1S/C35H35ClF2N8O6S/c1-35(2,3)52-33(47)40-26(17-21-15-22(37)18-23(38)16-21)30-41-32-39-13-14-44(32)34(48)46(30)27-12-11-25(36)28-29(27)43(4)42-31(28)45(53(6,49)50)19-20-7-9-24(51-5)10-8-20/h7-16,18,26H,17,19H2,1-6H3,(H,40,47)/t26-/m0/s1. The van der Waals surface area contributed by atoms with E-state index in [1.54, 1.807) is 52.1 Å². The number of hydrogen-bond donors (Lipinski definition) is 1.